The first-order valence-electron chi connectivity index (χ1n) is 11.5. The van der Waals surface area contributed by atoms with Crippen molar-refractivity contribution in [3.63, 3.8) is 0 Å². The van der Waals surface area contributed by atoms with E-state index in [1.54, 1.807) is 31.2 Å². The smallest absolute Gasteiger partial charge is 0.229 e. The standard InChI is InChI=1S/C25H23FN6O2S2/c1-16-7-8-17(2)21(15-16)36(33,34)25-24-27-23(22-20(9-14-35-22)32(24)29-28-25)31-12-10-30(11-13-31)19-6-4-3-5-18(19)26/h3-9,14-15H,10-13H2,1-2H3. The predicted octanol–water partition coefficient (Wildman–Crippen LogP) is 4.25. The van der Waals surface area contributed by atoms with E-state index in [-0.39, 0.29) is 21.4 Å². The third-order valence-electron chi connectivity index (χ3n) is 6.56. The molecule has 4 heterocycles. The van der Waals surface area contributed by atoms with Crippen LogP contribution < -0.4 is 9.80 Å². The van der Waals surface area contributed by atoms with Crippen LogP contribution in [0.25, 0.3) is 15.9 Å². The molecule has 1 fully saturated rings. The second-order valence-electron chi connectivity index (χ2n) is 8.90. The summed E-state index contributed by atoms with van der Waals surface area (Å²) in [6, 6.07) is 14.0. The Labute approximate surface area is 211 Å². The second-order valence-corrected chi connectivity index (χ2v) is 11.6. The molecule has 8 nitrogen and oxygen atoms in total. The number of fused-ring (bicyclic) bond motifs is 3. The van der Waals surface area contributed by atoms with Crippen LogP contribution in [0, 0.1) is 19.7 Å². The van der Waals surface area contributed by atoms with Crippen molar-refractivity contribution in [2.45, 2.75) is 23.8 Å². The lowest BCUT2D eigenvalue weighted by Gasteiger charge is -2.37. The molecule has 0 aliphatic carbocycles. The fourth-order valence-corrected chi connectivity index (χ4v) is 7.11. The molecule has 2 aromatic carbocycles. The molecule has 0 saturated carbocycles. The molecule has 0 amide bonds. The minimum Gasteiger partial charge on any atom is -0.366 e. The molecule has 0 unspecified atom stereocenters. The number of hydrogen-bond acceptors (Lipinski definition) is 8. The Bertz CT molecular complexity index is 1720. The Kier molecular flexibility index (Phi) is 5.41. The van der Waals surface area contributed by atoms with Crippen molar-refractivity contribution >= 4 is 48.5 Å². The second kappa shape index (κ2) is 8.52. The molecule has 6 rings (SSSR count). The summed E-state index contributed by atoms with van der Waals surface area (Å²) in [5.74, 6) is 0.457. The fourth-order valence-electron chi connectivity index (χ4n) is 4.66. The van der Waals surface area contributed by atoms with Gasteiger partial charge in [0, 0.05) is 26.2 Å². The number of para-hydroxylation sites is 1. The van der Waals surface area contributed by atoms with Crippen molar-refractivity contribution in [1.29, 1.82) is 0 Å². The summed E-state index contributed by atoms with van der Waals surface area (Å²) in [5, 5.41) is 10.0. The van der Waals surface area contributed by atoms with Gasteiger partial charge < -0.3 is 9.80 Å². The van der Waals surface area contributed by atoms with Crippen LogP contribution >= 0.6 is 11.3 Å². The van der Waals surface area contributed by atoms with Gasteiger partial charge in [0.15, 0.2) is 11.5 Å². The number of aromatic nitrogens is 4. The molecule has 11 heteroatoms. The molecule has 0 spiro atoms. The lowest BCUT2D eigenvalue weighted by Crippen LogP contribution is -2.47. The molecule has 0 radical (unpaired) electrons. The maximum absolute atomic E-state index is 14.3. The van der Waals surface area contributed by atoms with Crippen LogP contribution in [0.3, 0.4) is 0 Å². The molecule has 5 aromatic rings. The van der Waals surface area contributed by atoms with Crippen LogP contribution in [-0.4, -0.2) is 54.4 Å². The van der Waals surface area contributed by atoms with Gasteiger partial charge >= 0.3 is 0 Å². The average molecular weight is 523 g/mol. The summed E-state index contributed by atoms with van der Waals surface area (Å²) in [6.45, 7) is 6.09. The number of halogens is 1. The largest absolute Gasteiger partial charge is 0.366 e. The van der Waals surface area contributed by atoms with Crippen LogP contribution in [0.5, 0.6) is 0 Å². The minimum absolute atomic E-state index is 0.157. The summed E-state index contributed by atoms with van der Waals surface area (Å²) >= 11 is 1.52. The molecule has 184 valence electrons. The highest BCUT2D eigenvalue weighted by atomic mass is 32.2. The van der Waals surface area contributed by atoms with Crippen molar-refractivity contribution in [2.24, 2.45) is 0 Å². The number of benzene rings is 2. The number of rotatable bonds is 4. The Hall–Kier alpha value is -3.57. The molecular weight excluding hydrogens is 499 g/mol. The van der Waals surface area contributed by atoms with Gasteiger partial charge in [-0.2, -0.15) is 4.52 Å². The first-order chi connectivity index (χ1) is 17.3. The number of anilines is 2. The van der Waals surface area contributed by atoms with Gasteiger partial charge in [-0.3, -0.25) is 0 Å². The molecule has 3 aromatic heterocycles. The van der Waals surface area contributed by atoms with Crippen molar-refractivity contribution < 1.29 is 12.8 Å². The Morgan fingerprint density at radius 2 is 1.72 bits per heavy atom. The quantitative estimate of drug-likeness (QED) is 0.349. The van der Waals surface area contributed by atoms with Crippen molar-refractivity contribution in [3.8, 4) is 0 Å². The highest BCUT2D eigenvalue weighted by Crippen LogP contribution is 2.34. The Morgan fingerprint density at radius 3 is 2.50 bits per heavy atom. The van der Waals surface area contributed by atoms with E-state index in [9.17, 15) is 12.8 Å². The monoisotopic (exact) mass is 522 g/mol. The summed E-state index contributed by atoms with van der Waals surface area (Å²) in [7, 11) is -3.95. The number of thiophene rings is 1. The zero-order valence-electron chi connectivity index (χ0n) is 19.7. The Balaban J connectivity index is 1.42. The van der Waals surface area contributed by atoms with Gasteiger partial charge in [-0.05, 0) is 54.6 Å². The van der Waals surface area contributed by atoms with Gasteiger partial charge in [-0.1, -0.05) is 29.5 Å². The number of nitrogens with zero attached hydrogens (tertiary/aromatic N) is 6. The van der Waals surface area contributed by atoms with E-state index >= 15 is 0 Å². The van der Waals surface area contributed by atoms with Crippen LogP contribution in [0.1, 0.15) is 11.1 Å². The predicted molar refractivity (Wildman–Crippen MR) is 138 cm³/mol. The first-order valence-corrected chi connectivity index (χ1v) is 13.9. The zero-order chi connectivity index (χ0) is 25.0. The van der Waals surface area contributed by atoms with E-state index in [0.717, 1.165) is 15.8 Å². The molecule has 1 aliphatic rings. The lowest BCUT2D eigenvalue weighted by atomic mass is 10.2. The topological polar surface area (TPSA) is 83.7 Å². The van der Waals surface area contributed by atoms with E-state index in [4.69, 9.17) is 4.98 Å². The van der Waals surface area contributed by atoms with Gasteiger partial charge in [0.25, 0.3) is 0 Å². The minimum atomic E-state index is -3.95. The maximum Gasteiger partial charge on any atom is 0.229 e. The summed E-state index contributed by atoms with van der Waals surface area (Å²) in [4.78, 5) is 9.17. The SMILES string of the molecule is Cc1ccc(C)c(S(=O)(=O)c2nnn3c2nc(N2CCN(c4ccccc4F)CC2)c2sccc23)c1. The molecule has 0 N–H and O–H groups in total. The maximum atomic E-state index is 14.3. The van der Waals surface area contributed by atoms with Gasteiger partial charge in [0.1, 0.15) is 5.82 Å². The summed E-state index contributed by atoms with van der Waals surface area (Å²) in [5.41, 5.74) is 3.03. The van der Waals surface area contributed by atoms with Gasteiger partial charge in [-0.15, -0.1) is 16.4 Å². The molecule has 0 bridgehead atoms. The molecular formula is C25H23FN6O2S2. The number of sulfone groups is 1. The van der Waals surface area contributed by atoms with Gasteiger partial charge in [0.2, 0.25) is 14.9 Å². The van der Waals surface area contributed by atoms with Gasteiger partial charge in [-0.25, -0.2) is 17.8 Å². The van der Waals surface area contributed by atoms with Gasteiger partial charge in [0.05, 0.1) is 20.8 Å². The van der Waals surface area contributed by atoms with Crippen LogP contribution in [0.15, 0.2) is 63.8 Å². The molecule has 1 saturated heterocycles. The number of aryl methyl sites for hydroxylation is 2. The summed E-state index contributed by atoms with van der Waals surface area (Å²) < 4.78 is 44.1. The van der Waals surface area contributed by atoms with Crippen LogP contribution in [0.4, 0.5) is 15.9 Å². The van der Waals surface area contributed by atoms with Crippen molar-refractivity contribution in [3.05, 3.63) is 70.9 Å². The summed E-state index contributed by atoms with van der Waals surface area (Å²) in [6.07, 6.45) is 0. The Morgan fingerprint density at radius 1 is 0.972 bits per heavy atom. The highest BCUT2D eigenvalue weighted by Gasteiger charge is 2.30. The third-order valence-corrected chi connectivity index (χ3v) is 9.26. The fraction of sp³-hybridized carbons (Fsp3) is 0.240. The van der Waals surface area contributed by atoms with Crippen molar-refractivity contribution in [2.75, 3.05) is 36.0 Å². The normalized spacial score (nSPS) is 14.8. The van der Waals surface area contributed by atoms with E-state index in [1.807, 2.05) is 35.4 Å². The number of hydrogen-bond donors (Lipinski definition) is 0. The molecule has 0 atom stereocenters. The molecule has 1 aliphatic heterocycles. The van der Waals surface area contributed by atoms with Crippen LogP contribution in [0.2, 0.25) is 0 Å². The third kappa shape index (κ3) is 3.61. The average Bonchev–Trinajstić information content (AvgIpc) is 3.53. The zero-order valence-corrected chi connectivity index (χ0v) is 21.4. The first kappa shape index (κ1) is 22.9. The van der Waals surface area contributed by atoms with Crippen LogP contribution in [-0.2, 0) is 9.84 Å². The van der Waals surface area contributed by atoms with Crippen molar-refractivity contribution in [1.82, 2.24) is 19.8 Å². The van der Waals surface area contributed by atoms with E-state index in [1.165, 1.54) is 21.9 Å². The van der Waals surface area contributed by atoms with E-state index < -0.39 is 9.84 Å². The van der Waals surface area contributed by atoms with E-state index in [0.29, 0.717) is 43.2 Å². The highest BCUT2D eigenvalue weighted by molar-refractivity contribution is 7.91. The van der Waals surface area contributed by atoms with E-state index in [2.05, 4.69) is 15.2 Å². The molecule has 36 heavy (non-hydrogen) atoms. The lowest BCUT2D eigenvalue weighted by molar-refractivity contribution is 0.591. The number of piperazine rings is 1.